The monoisotopic (exact) mass is 766 g/mol. The highest BCUT2D eigenvalue weighted by atomic mass is 16.5. The smallest absolute Gasteiger partial charge is 0.164 e. The van der Waals surface area contributed by atoms with Gasteiger partial charge in [0, 0.05) is 45.0 Å². The Morgan fingerprint density at radius 3 is 1.42 bits per heavy atom. The van der Waals surface area contributed by atoms with E-state index in [1.807, 2.05) is 72.9 Å². The number of nitrogens with zero attached hydrogens (tertiary/aromatic N) is 4. The molecule has 5 heteroatoms. The summed E-state index contributed by atoms with van der Waals surface area (Å²) in [5.41, 5.74) is 14.4. The summed E-state index contributed by atoms with van der Waals surface area (Å²) >= 11 is 0. The van der Waals surface area contributed by atoms with Crippen LogP contribution in [0.5, 0.6) is 11.5 Å². The molecule has 0 atom stereocenters. The topological polar surface area (TPSA) is 60.8 Å². The summed E-state index contributed by atoms with van der Waals surface area (Å²) in [6.45, 7) is 0. The zero-order valence-electron chi connectivity index (χ0n) is 32.3. The van der Waals surface area contributed by atoms with E-state index < -0.39 is 5.41 Å². The van der Waals surface area contributed by atoms with Gasteiger partial charge in [-0.05, 0) is 75.3 Å². The van der Waals surface area contributed by atoms with Crippen molar-refractivity contribution < 1.29 is 4.74 Å². The Hall–Kier alpha value is -8.02. The zero-order valence-corrected chi connectivity index (χ0v) is 32.3. The highest BCUT2D eigenvalue weighted by Crippen LogP contribution is 2.62. The van der Waals surface area contributed by atoms with Crippen molar-refractivity contribution in [1.82, 2.24) is 19.9 Å². The van der Waals surface area contributed by atoms with E-state index in [4.69, 9.17) is 24.7 Å². The predicted molar refractivity (Wildman–Crippen MR) is 240 cm³/mol. The summed E-state index contributed by atoms with van der Waals surface area (Å²) in [7, 11) is 0. The molecule has 1 spiro atoms. The van der Waals surface area contributed by atoms with Crippen LogP contribution in [0.3, 0.4) is 0 Å². The second-order valence-corrected chi connectivity index (χ2v) is 15.3. The largest absolute Gasteiger partial charge is 0.457 e. The van der Waals surface area contributed by atoms with Gasteiger partial charge in [-0.1, -0.05) is 164 Å². The minimum Gasteiger partial charge on any atom is -0.457 e. The molecule has 280 valence electrons. The summed E-state index contributed by atoms with van der Waals surface area (Å²) in [5.74, 6) is 3.45. The Balaban J connectivity index is 1.10. The normalized spacial score (nSPS) is 12.9. The second-order valence-electron chi connectivity index (χ2n) is 15.3. The first-order valence-electron chi connectivity index (χ1n) is 20.2. The van der Waals surface area contributed by atoms with Gasteiger partial charge in [-0.2, -0.15) is 0 Å². The molecule has 2 aromatic heterocycles. The SMILES string of the molecule is c1ccc(-c2nc(-c3ccccc3)nc(-c3ccc4c(c3)C3(c5cc(-c6ccc(-c7ccccc7)c7cccnc67)ccc5O4)c4ccccc4-c4ccccc43)n2)cc1. The lowest BCUT2D eigenvalue weighted by atomic mass is 9.65. The third-order valence-corrected chi connectivity index (χ3v) is 12.1. The van der Waals surface area contributed by atoms with Crippen LogP contribution >= 0.6 is 0 Å². The van der Waals surface area contributed by atoms with Gasteiger partial charge in [0.25, 0.3) is 0 Å². The molecule has 12 rings (SSSR count). The van der Waals surface area contributed by atoms with Crippen LogP contribution in [0, 0.1) is 0 Å². The number of rotatable bonds is 5. The van der Waals surface area contributed by atoms with Gasteiger partial charge in [0.2, 0.25) is 0 Å². The number of hydrogen-bond donors (Lipinski definition) is 0. The third-order valence-electron chi connectivity index (χ3n) is 12.1. The summed E-state index contributed by atoms with van der Waals surface area (Å²) in [6.07, 6.45) is 1.89. The van der Waals surface area contributed by atoms with Gasteiger partial charge in [0.15, 0.2) is 17.5 Å². The highest BCUT2D eigenvalue weighted by Gasteiger charge is 2.51. The lowest BCUT2D eigenvalue weighted by Crippen LogP contribution is -2.32. The van der Waals surface area contributed by atoms with Crippen LogP contribution < -0.4 is 4.74 Å². The van der Waals surface area contributed by atoms with Crippen LogP contribution in [0.2, 0.25) is 0 Å². The number of fused-ring (bicyclic) bond motifs is 10. The quantitative estimate of drug-likeness (QED) is 0.175. The maximum Gasteiger partial charge on any atom is 0.164 e. The molecule has 8 aromatic carbocycles. The first-order valence-corrected chi connectivity index (χ1v) is 20.2. The van der Waals surface area contributed by atoms with E-state index in [0.717, 1.165) is 72.5 Å². The molecule has 0 saturated carbocycles. The average molecular weight is 767 g/mol. The number of hydrogen-bond acceptors (Lipinski definition) is 5. The van der Waals surface area contributed by atoms with E-state index in [-0.39, 0.29) is 0 Å². The third kappa shape index (κ3) is 5.19. The number of ether oxygens (including phenoxy) is 1. The van der Waals surface area contributed by atoms with Crippen molar-refractivity contribution in [3.05, 3.63) is 229 Å². The molecule has 60 heavy (non-hydrogen) atoms. The van der Waals surface area contributed by atoms with E-state index in [1.54, 1.807) is 0 Å². The van der Waals surface area contributed by atoms with Gasteiger partial charge >= 0.3 is 0 Å². The van der Waals surface area contributed by atoms with E-state index in [9.17, 15) is 0 Å². The molecule has 0 amide bonds. The predicted octanol–water partition coefficient (Wildman–Crippen LogP) is 13.2. The standard InChI is InChI=1S/C55H34N4O/c1-4-15-35(16-5-1)40-28-29-41(51-44(40)23-14-32-56-51)38-26-30-49-47(33-38)55(45-24-12-10-21-42(45)43-22-11-13-25-46(43)55)48-34-39(27-31-50(48)60-49)54-58-52(36-17-6-2-7-18-36)57-53(59-54)37-19-8-3-9-20-37/h1-34H. The van der Waals surface area contributed by atoms with Crippen molar-refractivity contribution in [2.45, 2.75) is 5.41 Å². The Kier molecular flexibility index (Phi) is 7.69. The molecule has 0 radical (unpaired) electrons. The van der Waals surface area contributed by atoms with Crippen LogP contribution in [0.15, 0.2) is 206 Å². The fourth-order valence-electron chi connectivity index (χ4n) is 9.42. The van der Waals surface area contributed by atoms with Crippen molar-refractivity contribution in [3.8, 4) is 79.0 Å². The number of aromatic nitrogens is 4. The summed E-state index contributed by atoms with van der Waals surface area (Å²) in [5, 5.41) is 1.11. The second kappa shape index (κ2) is 13.5. The molecular weight excluding hydrogens is 733 g/mol. The minimum absolute atomic E-state index is 0.593. The molecule has 5 nitrogen and oxygen atoms in total. The Bertz CT molecular complexity index is 3190. The molecule has 0 bridgehead atoms. The Morgan fingerprint density at radius 1 is 0.333 bits per heavy atom. The molecule has 1 aliphatic carbocycles. The van der Waals surface area contributed by atoms with Crippen LogP contribution in [-0.2, 0) is 5.41 Å². The zero-order chi connectivity index (χ0) is 39.6. The number of pyridine rings is 1. The molecular formula is C55H34N4O. The van der Waals surface area contributed by atoms with Crippen molar-refractivity contribution in [3.63, 3.8) is 0 Å². The minimum atomic E-state index is -0.715. The highest BCUT2D eigenvalue weighted by molar-refractivity contribution is 6.03. The molecule has 1 aliphatic heterocycles. The van der Waals surface area contributed by atoms with E-state index in [1.165, 1.54) is 22.3 Å². The Morgan fingerprint density at radius 2 is 0.817 bits per heavy atom. The molecule has 0 N–H and O–H groups in total. The van der Waals surface area contributed by atoms with E-state index in [0.29, 0.717) is 17.5 Å². The van der Waals surface area contributed by atoms with Crippen molar-refractivity contribution in [1.29, 1.82) is 0 Å². The lowest BCUT2D eigenvalue weighted by molar-refractivity contribution is 0.436. The van der Waals surface area contributed by atoms with Crippen molar-refractivity contribution >= 4 is 10.9 Å². The fourth-order valence-corrected chi connectivity index (χ4v) is 9.42. The van der Waals surface area contributed by atoms with Gasteiger partial charge in [-0.3, -0.25) is 4.98 Å². The van der Waals surface area contributed by atoms with Gasteiger partial charge in [-0.25, -0.2) is 15.0 Å². The summed E-state index contributed by atoms with van der Waals surface area (Å²) in [6, 6.07) is 70.1. The number of benzene rings is 8. The fraction of sp³-hybridized carbons (Fsp3) is 0.0182. The van der Waals surface area contributed by atoms with Crippen LogP contribution in [-0.4, -0.2) is 19.9 Å². The maximum absolute atomic E-state index is 6.96. The van der Waals surface area contributed by atoms with E-state index in [2.05, 4.69) is 133 Å². The molecule has 3 heterocycles. The first kappa shape index (κ1) is 34.1. The van der Waals surface area contributed by atoms with Crippen molar-refractivity contribution in [2.75, 3.05) is 0 Å². The van der Waals surface area contributed by atoms with E-state index >= 15 is 0 Å². The first-order chi connectivity index (χ1) is 29.7. The van der Waals surface area contributed by atoms with Crippen LogP contribution in [0.25, 0.3) is 78.4 Å². The average Bonchev–Trinajstić information content (AvgIpc) is 3.62. The van der Waals surface area contributed by atoms with Gasteiger partial charge in [0.05, 0.1) is 10.9 Å². The summed E-state index contributed by atoms with van der Waals surface area (Å²) < 4.78 is 6.96. The van der Waals surface area contributed by atoms with Crippen LogP contribution in [0.1, 0.15) is 22.3 Å². The molecule has 0 unspecified atom stereocenters. The van der Waals surface area contributed by atoms with Gasteiger partial charge < -0.3 is 4.74 Å². The maximum atomic E-state index is 6.96. The summed E-state index contributed by atoms with van der Waals surface area (Å²) in [4.78, 5) is 20.3. The Labute approximate surface area is 347 Å². The molecule has 10 aromatic rings. The van der Waals surface area contributed by atoms with Crippen LogP contribution in [0.4, 0.5) is 0 Å². The van der Waals surface area contributed by atoms with Gasteiger partial charge in [-0.15, -0.1) is 0 Å². The van der Waals surface area contributed by atoms with Gasteiger partial charge in [0.1, 0.15) is 11.5 Å². The lowest BCUT2D eigenvalue weighted by Gasteiger charge is -2.40. The molecule has 0 saturated heterocycles. The molecule has 2 aliphatic rings. The van der Waals surface area contributed by atoms with Crippen molar-refractivity contribution in [2.24, 2.45) is 0 Å². The molecule has 0 fully saturated rings.